The Bertz CT molecular complexity index is 131. The SMILES string of the molecule is [CH2-]CCCN(C)CCCC.[CH2-]CCCN(C)CCCC.[Mg+2]. The van der Waals surface area contributed by atoms with Gasteiger partial charge in [-0.3, -0.25) is 0 Å². The van der Waals surface area contributed by atoms with Gasteiger partial charge in [-0.05, 0) is 53.1 Å². The predicted octanol–water partition coefficient (Wildman–Crippen LogP) is 4.28. The number of rotatable bonds is 12. The van der Waals surface area contributed by atoms with Crippen molar-refractivity contribution in [3.05, 3.63) is 13.8 Å². The molecule has 2 nitrogen and oxygen atoms in total. The van der Waals surface area contributed by atoms with Gasteiger partial charge in [0.05, 0.1) is 0 Å². The largest absolute Gasteiger partial charge is 2.00 e. The summed E-state index contributed by atoms with van der Waals surface area (Å²) < 4.78 is 0. The molecule has 0 atom stereocenters. The van der Waals surface area contributed by atoms with Crippen molar-refractivity contribution < 1.29 is 0 Å². The van der Waals surface area contributed by atoms with E-state index in [9.17, 15) is 0 Å². The molecular formula is C18H40MgN2. The molecule has 0 amide bonds. The van der Waals surface area contributed by atoms with Crippen molar-refractivity contribution in [3.63, 3.8) is 0 Å². The fraction of sp³-hybridized carbons (Fsp3) is 0.889. The first-order valence-corrected chi connectivity index (χ1v) is 8.57. The van der Waals surface area contributed by atoms with Gasteiger partial charge in [0.25, 0.3) is 0 Å². The minimum Gasteiger partial charge on any atom is -0.343 e. The topological polar surface area (TPSA) is 6.48 Å². The number of hydrogen-bond donors (Lipinski definition) is 0. The molecule has 0 spiro atoms. The van der Waals surface area contributed by atoms with Gasteiger partial charge >= 0.3 is 23.1 Å². The number of hydrogen-bond acceptors (Lipinski definition) is 2. The molecule has 0 radical (unpaired) electrons. The van der Waals surface area contributed by atoms with Gasteiger partial charge in [-0.2, -0.15) is 12.8 Å². The Balaban J connectivity index is -0.000000295. The minimum atomic E-state index is 0. The van der Waals surface area contributed by atoms with E-state index in [0.717, 1.165) is 12.8 Å². The zero-order valence-corrected chi connectivity index (χ0v) is 16.9. The summed E-state index contributed by atoms with van der Waals surface area (Å²) in [5, 5.41) is 0. The van der Waals surface area contributed by atoms with E-state index in [1.807, 2.05) is 0 Å². The van der Waals surface area contributed by atoms with E-state index in [1.165, 1.54) is 64.7 Å². The third kappa shape index (κ3) is 25.9. The molecule has 3 heteroatoms. The first kappa shape index (κ1) is 26.6. The van der Waals surface area contributed by atoms with Crippen LogP contribution in [0.3, 0.4) is 0 Å². The van der Waals surface area contributed by atoms with Crippen LogP contribution in [0.5, 0.6) is 0 Å². The molecule has 21 heavy (non-hydrogen) atoms. The van der Waals surface area contributed by atoms with Crippen LogP contribution >= 0.6 is 0 Å². The molecule has 0 aliphatic carbocycles. The van der Waals surface area contributed by atoms with Crippen molar-refractivity contribution in [2.45, 2.75) is 65.2 Å². The molecule has 0 fully saturated rings. The van der Waals surface area contributed by atoms with Crippen LogP contribution in [-0.2, 0) is 0 Å². The van der Waals surface area contributed by atoms with Crippen molar-refractivity contribution >= 4 is 23.1 Å². The molecule has 0 bridgehead atoms. The normalized spacial score (nSPS) is 10.3. The van der Waals surface area contributed by atoms with E-state index >= 15 is 0 Å². The molecule has 0 N–H and O–H groups in total. The summed E-state index contributed by atoms with van der Waals surface area (Å²) >= 11 is 0. The second kappa shape index (κ2) is 23.0. The predicted molar refractivity (Wildman–Crippen MR) is 99.7 cm³/mol. The molecule has 0 saturated carbocycles. The maximum atomic E-state index is 3.81. The maximum absolute atomic E-state index is 3.81. The standard InChI is InChI=1S/2C9H20N.Mg/c2*1-4-6-8-10(3)9-7-5-2;/h2*1,4-9H2,2-3H3;/q2*-1;+2. The van der Waals surface area contributed by atoms with E-state index in [1.54, 1.807) is 0 Å². The second-order valence-corrected chi connectivity index (χ2v) is 5.73. The minimum absolute atomic E-state index is 0. The third-order valence-corrected chi connectivity index (χ3v) is 3.37. The Labute approximate surface area is 152 Å². The van der Waals surface area contributed by atoms with Crippen molar-refractivity contribution in [1.29, 1.82) is 0 Å². The molecule has 0 rings (SSSR count). The van der Waals surface area contributed by atoms with Gasteiger partial charge < -0.3 is 23.6 Å². The Hall–Kier alpha value is 0.686. The van der Waals surface area contributed by atoms with Crippen molar-refractivity contribution in [3.8, 4) is 0 Å². The summed E-state index contributed by atoms with van der Waals surface area (Å²) in [6.07, 6.45) is 9.86. The summed E-state index contributed by atoms with van der Waals surface area (Å²) in [6, 6.07) is 0. The average Bonchev–Trinajstić information content (AvgIpc) is 2.47. The third-order valence-electron chi connectivity index (χ3n) is 3.37. The van der Waals surface area contributed by atoms with Crippen molar-refractivity contribution in [2.75, 3.05) is 40.3 Å². The van der Waals surface area contributed by atoms with Gasteiger partial charge in [-0.25, -0.2) is 0 Å². The van der Waals surface area contributed by atoms with E-state index in [4.69, 9.17) is 0 Å². The van der Waals surface area contributed by atoms with Gasteiger partial charge in [0.2, 0.25) is 0 Å². The molecule has 0 unspecified atom stereocenters. The molecule has 124 valence electrons. The maximum Gasteiger partial charge on any atom is 2.00 e. The van der Waals surface area contributed by atoms with Gasteiger partial charge in [0.15, 0.2) is 0 Å². The summed E-state index contributed by atoms with van der Waals surface area (Å²) in [5.41, 5.74) is 0. The summed E-state index contributed by atoms with van der Waals surface area (Å²) in [5.74, 6) is 0. The summed E-state index contributed by atoms with van der Waals surface area (Å²) in [7, 11) is 4.37. The molecule has 0 aliphatic heterocycles. The molecule has 0 aromatic rings. The monoisotopic (exact) mass is 308 g/mol. The van der Waals surface area contributed by atoms with Gasteiger partial charge in [-0.15, -0.1) is 0 Å². The Kier molecular flexibility index (Phi) is 29.1. The molecule has 0 saturated heterocycles. The molecule has 0 aromatic heterocycles. The quantitative estimate of drug-likeness (QED) is 0.392. The Morgan fingerprint density at radius 3 is 1.14 bits per heavy atom. The van der Waals surface area contributed by atoms with E-state index in [-0.39, 0.29) is 23.1 Å². The van der Waals surface area contributed by atoms with Crippen LogP contribution < -0.4 is 0 Å². The van der Waals surface area contributed by atoms with Crippen LogP contribution in [0.1, 0.15) is 65.2 Å². The second-order valence-electron chi connectivity index (χ2n) is 5.73. The van der Waals surface area contributed by atoms with E-state index in [0.29, 0.717) is 0 Å². The smallest absolute Gasteiger partial charge is 0.343 e. The first-order chi connectivity index (χ1) is 9.62. The van der Waals surface area contributed by atoms with Gasteiger partial charge in [-0.1, -0.05) is 39.5 Å². The van der Waals surface area contributed by atoms with Crippen LogP contribution in [0.15, 0.2) is 0 Å². The molecule has 0 aliphatic rings. The molecular weight excluding hydrogens is 269 g/mol. The zero-order valence-electron chi connectivity index (χ0n) is 15.5. The van der Waals surface area contributed by atoms with E-state index in [2.05, 4.69) is 51.6 Å². The fourth-order valence-electron chi connectivity index (χ4n) is 1.84. The van der Waals surface area contributed by atoms with Crippen molar-refractivity contribution in [2.24, 2.45) is 0 Å². The fourth-order valence-corrected chi connectivity index (χ4v) is 1.84. The zero-order chi connectivity index (χ0) is 15.6. The van der Waals surface area contributed by atoms with Crippen molar-refractivity contribution in [1.82, 2.24) is 9.80 Å². The molecule has 0 heterocycles. The van der Waals surface area contributed by atoms with Gasteiger partial charge in [0, 0.05) is 0 Å². The van der Waals surface area contributed by atoms with E-state index < -0.39 is 0 Å². The van der Waals surface area contributed by atoms with Crippen LogP contribution in [0.4, 0.5) is 0 Å². The first-order valence-electron chi connectivity index (χ1n) is 8.57. The Morgan fingerprint density at radius 1 is 0.619 bits per heavy atom. The van der Waals surface area contributed by atoms with Crippen LogP contribution in [0.2, 0.25) is 0 Å². The van der Waals surface area contributed by atoms with Gasteiger partial charge in [0.1, 0.15) is 0 Å². The van der Waals surface area contributed by atoms with Crippen LogP contribution in [0, 0.1) is 13.8 Å². The van der Waals surface area contributed by atoms with Crippen LogP contribution in [0.25, 0.3) is 0 Å². The van der Waals surface area contributed by atoms with Crippen LogP contribution in [-0.4, -0.2) is 73.1 Å². The summed E-state index contributed by atoms with van der Waals surface area (Å²) in [4.78, 5) is 4.77. The summed E-state index contributed by atoms with van der Waals surface area (Å²) in [6.45, 7) is 17.0. The average molecular weight is 309 g/mol. The Morgan fingerprint density at radius 2 is 0.905 bits per heavy atom. The number of nitrogens with zero attached hydrogens (tertiary/aromatic N) is 2. The molecule has 0 aromatic carbocycles. The number of unbranched alkanes of at least 4 members (excludes halogenated alkanes) is 4.